The molecule has 136 valence electrons. The molecule has 9 heteroatoms. The van der Waals surface area contributed by atoms with Gasteiger partial charge in [0.2, 0.25) is 0 Å². The Bertz CT molecular complexity index is 942. The smallest absolute Gasteiger partial charge is 0.304 e. The number of amides is 1. The lowest BCUT2D eigenvalue weighted by atomic mass is 10.1. The van der Waals surface area contributed by atoms with Crippen molar-refractivity contribution in [3.05, 3.63) is 65.1 Å². The van der Waals surface area contributed by atoms with Gasteiger partial charge in [0.1, 0.15) is 5.69 Å². The first kappa shape index (κ1) is 17.7. The number of anilines is 1. The lowest BCUT2D eigenvalue weighted by Gasteiger charge is -2.05. The highest BCUT2D eigenvalue weighted by molar-refractivity contribution is 6.02. The van der Waals surface area contributed by atoms with Crippen LogP contribution in [0.15, 0.2) is 42.6 Å². The second kappa shape index (κ2) is 6.66. The third kappa shape index (κ3) is 3.76. The van der Waals surface area contributed by atoms with Crippen LogP contribution in [0.25, 0.3) is 0 Å². The van der Waals surface area contributed by atoms with Crippen LogP contribution in [-0.2, 0) is 19.8 Å². The van der Waals surface area contributed by atoms with Gasteiger partial charge < -0.3 is 5.32 Å². The van der Waals surface area contributed by atoms with Crippen molar-refractivity contribution in [3.63, 3.8) is 0 Å². The molecule has 6 nitrogen and oxygen atoms in total. The number of hydrogen-bond donors (Lipinski definition) is 1. The Balaban J connectivity index is 1.72. The van der Waals surface area contributed by atoms with Crippen molar-refractivity contribution in [1.29, 1.82) is 0 Å². The summed E-state index contributed by atoms with van der Waals surface area (Å²) in [7, 11) is 1.28. The van der Waals surface area contributed by atoms with Gasteiger partial charge in [0.05, 0.1) is 6.54 Å². The van der Waals surface area contributed by atoms with Crippen LogP contribution in [-0.4, -0.2) is 25.5 Å². The number of rotatable bonds is 4. The van der Waals surface area contributed by atoms with Crippen molar-refractivity contribution in [2.75, 3.05) is 5.32 Å². The van der Waals surface area contributed by atoms with Crippen LogP contribution in [0.2, 0.25) is 0 Å². The zero-order valence-electron chi connectivity index (χ0n) is 14.1. The average Bonchev–Trinajstić information content (AvgIpc) is 3.16. The Kier molecular flexibility index (Phi) is 4.54. The van der Waals surface area contributed by atoms with Crippen molar-refractivity contribution in [2.24, 2.45) is 7.05 Å². The van der Waals surface area contributed by atoms with Gasteiger partial charge in [-0.1, -0.05) is 24.3 Å². The fraction of sp³-hybridized carbons (Fsp3) is 0.235. The van der Waals surface area contributed by atoms with Gasteiger partial charge in [-0.05, 0) is 18.1 Å². The first-order chi connectivity index (χ1) is 12.2. The van der Waals surface area contributed by atoms with Gasteiger partial charge in [0, 0.05) is 25.4 Å². The molecule has 0 aliphatic carbocycles. The van der Waals surface area contributed by atoms with Crippen molar-refractivity contribution in [2.45, 2.75) is 19.6 Å². The van der Waals surface area contributed by atoms with Gasteiger partial charge in [0.15, 0.2) is 11.5 Å². The van der Waals surface area contributed by atoms with E-state index in [1.807, 2.05) is 31.2 Å². The fourth-order valence-electron chi connectivity index (χ4n) is 2.48. The molecule has 2 aromatic heterocycles. The fourth-order valence-corrected chi connectivity index (χ4v) is 2.48. The molecule has 0 aliphatic heterocycles. The maximum Gasteiger partial charge on any atom is 0.435 e. The van der Waals surface area contributed by atoms with Crippen LogP contribution in [0, 0.1) is 6.92 Å². The van der Waals surface area contributed by atoms with Crippen LogP contribution >= 0.6 is 0 Å². The minimum Gasteiger partial charge on any atom is -0.304 e. The zero-order chi connectivity index (χ0) is 18.9. The predicted octanol–water partition coefficient (Wildman–Crippen LogP) is 3.24. The molecule has 0 radical (unpaired) electrons. The number of halogens is 3. The summed E-state index contributed by atoms with van der Waals surface area (Å²) in [4.78, 5) is 12.2. The first-order valence-electron chi connectivity index (χ1n) is 7.74. The third-order valence-electron chi connectivity index (χ3n) is 3.88. The van der Waals surface area contributed by atoms with E-state index in [4.69, 9.17) is 0 Å². The molecule has 0 atom stereocenters. The molecule has 0 spiro atoms. The van der Waals surface area contributed by atoms with E-state index in [9.17, 15) is 18.0 Å². The molecule has 0 bridgehead atoms. The molecule has 0 unspecified atom stereocenters. The van der Waals surface area contributed by atoms with Crippen molar-refractivity contribution >= 4 is 11.7 Å². The number of benzene rings is 1. The highest BCUT2D eigenvalue weighted by Gasteiger charge is 2.35. The Morgan fingerprint density at radius 1 is 1.19 bits per heavy atom. The molecule has 3 aromatic rings. The van der Waals surface area contributed by atoms with E-state index in [-0.39, 0.29) is 11.5 Å². The molecule has 1 amide bonds. The van der Waals surface area contributed by atoms with E-state index in [1.54, 1.807) is 16.9 Å². The molecule has 2 heterocycles. The Labute approximate surface area is 147 Å². The molecule has 1 N–H and O–H groups in total. The summed E-state index contributed by atoms with van der Waals surface area (Å²) < 4.78 is 40.6. The van der Waals surface area contributed by atoms with E-state index in [2.05, 4.69) is 15.5 Å². The molecule has 0 fully saturated rings. The largest absolute Gasteiger partial charge is 0.435 e. The molecule has 26 heavy (non-hydrogen) atoms. The quantitative estimate of drug-likeness (QED) is 0.774. The summed E-state index contributed by atoms with van der Waals surface area (Å²) in [6.45, 7) is 2.51. The standard InChI is InChI=1S/C17H16F3N5O/c1-11-5-3-4-6-12(11)10-25-8-7-15(23-25)21-16(26)13-9-14(17(18,19)20)22-24(13)2/h3-9H,10H2,1-2H3,(H,21,23,26). The number of nitrogens with one attached hydrogen (secondary N) is 1. The number of hydrogen-bond acceptors (Lipinski definition) is 3. The summed E-state index contributed by atoms with van der Waals surface area (Å²) in [6, 6.07) is 10.1. The van der Waals surface area contributed by atoms with Gasteiger partial charge in [-0.15, -0.1) is 0 Å². The second-order valence-electron chi connectivity index (χ2n) is 5.82. The van der Waals surface area contributed by atoms with E-state index in [0.29, 0.717) is 12.6 Å². The minimum atomic E-state index is -4.61. The Morgan fingerprint density at radius 2 is 1.92 bits per heavy atom. The molecular formula is C17H16F3N5O. The van der Waals surface area contributed by atoms with Gasteiger partial charge >= 0.3 is 6.18 Å². The summed E-state index contributed by atoms with van der Waals surface area (Å²) in [6.07, 6.45) is -2.92. The van der Waals surface area contributed by atoms with E-state index < -0.39 is 17.8 Å². The third-order valence-corrected chi connectivity index (χ3v) is 3.88. The number of aromatic nitrogens is 4. The van der Waals surface area contributed by atoms with Gasteiger partial charge in [-0.25, -0.2) is 0 Å². The number of alkyl halides is 3. The lowest BCUT2D eigenvalue weighted by molar-refractivity contribution is -0.141. The van der Waals surface area contributed by atoms with Crippen molar-refractivity contribution < 1.29 is 18.0 Å². The maximum atomic E-state index is 12.7. The lowest BCUT2D eigenvalue weighted by Crippen LogP contribution is -2.16. The molecular weight excluding hydrogens is 347 g/mol. The summed E-state index contributed by atoms with van der Waals surface area (Å²) in [5, 5.41) is 10.0. The maximum absolute atomic E-state index is 12.7. The van der Waals surface area contributed by atoms with E-state index in [0.717, 1.165) is 15.8 Å². The normalized spacial score (nSPS) is 11.6. The van der Waals surface area contributed by atoms with Crippen LogP contribution in [0.1, 0.15) is 27.3 Å². The molecule has 0 aliphatic rings. The average molecular weight is 363 g/mol. The van der Waals surface area contributed by atoms with Crippen molar-refractivity contribution in [1.82, 2.24) is 19.6 Å². The summed E-state index contributed by atoms with van der Waals surface area (Å²) >= 11 is 0. The van der Waals surface area contributed by atoms with Crippen LogP contribution < -0.4 is 5.32 Å². The Hall–Kier alpha value is -3.10. The van der Waals surface area contributed by atoms with Crippen molar-refractivity contribution in [3.8, 4) is 0 Å². The Morgan fingerprint density at radius 3 is 2.58 bits per heavy atom. The molecule has 0 saturated carbocycles. The summed E-state index contributed by atoms with van der Waals surface area (Å²) in [5.41, 5.74) is 0.874. The van der Waals surface area contributed by atoms with Crippen LogP contribution in [0.4, 0.5) is 19.0 Å². The zero-order valence-corrected chi connectivity index (χ0v) is 14.1. The van der Waals surface area contributed by atoms with Crippen LogP contribution in [0.5, 0.6) is 0 Å². The van der Waals surface area contributed by atoms with Crippen LogP contribution in [0.3, 0.4) is 0 Å². The van der Waals surface area contributed by atoms with E-state index in [1.165, 1.54) is 7.05 Å². The van der Waals surface area contributed by atoms with Gasteiger partial charge in [0.25, 0.3) is 5.91 Å². The molecule has 3 rings (SSSR count). The topological polar surface area (TPSA) is 64.7 Å². The second-order valence-corrected chi connectivity index (χ2v) is 5.82. The highest BCUT2D eigenvalue weighted by atomic mass is 19.4. The first-order valence-corrected chi connectivity index (χ1v) is 7.74. The van der Waals surface area contributed by atoms with Gasteiger partial charge in [-0.3, -0.25) is 14.2 Å². The SMILES string of the molecule is Cc1ccccc1Cn1ccc(NC(=O)c2cc(C(F)(F)F)nn2C)n1. The molecule has 0 saturated heterocycles. The number of carbonyl (C=O) groups excluding carboxylic acids is 1. The monoisotopic (exact) mass is 363 g/mol. The highest BCUT2D eigenvalue weighted by Crippen LogP contribution is 2.28. The number of nitrogens with zero attached hydrogens (tertiary/aromatic N) is 4. The number of aryl methyl sites for hydroxylation is 2. The number of carbonyl (C=O) groups is 1. The minimum absolute atomic E-state index is 0.203. The summed E-state index contributed by atoms with van der Waals surface area (Å²) in [5.74, 6) is -0.463. The van der Waals surface area contributed by atoms with E-state index >= 15 is 0 Å². The molecule has 1 aromatic carbocycles. The van der Waals surface area contributed by atoms with Gasteiger partial charge in [-0.2, -0.15) is 23.4 Å². The predicted molar refractivity (Wildman–Crippen MR) is 88.7 cm³/mol.